The molecule has 1 aliphatic rings. The number of carbonyl (C=O) groups excluding carboxylic acids is 1. The first kappa shape index (κ1) is 16.0. The molecule has 0 bridgehead atoms. The van der Waals surface area contributed by atoms with Crippen LogP contribution in [-0.4, -0.2) is 30.1 Å². The van der Waals surface area contributed by atoms with E-state index in [2.05, 4.69) is 10.9 Å². The van der Waals surface area contributed by atoms with Crippen LogP contribution in [0.1, 0.15) is 16.9 Å². The molecular formula is C17H21N3O2S. The van der Waals surface area contributed by atoms with Crippen molar-refractivity contribution in [1.82, 2.24) is 15.8 Å². The molecule has 1 atom stereocenters. The number of rotatable bonds is 6. The van der Waals surface area contributed by atoms with E-state index in [9.17, 15) is 4.79 Å². The van der Waals surface area contributed by atoms with Crippen molar-refractivity contribution in [3.8, 4) is 5.75 Å². The quantitative estimate of drug-likeness (QED) is 0.853. The van der Waals surface area contributed by atoms with Crippen LogP contribution >= 0.6 is 11.3 Å². The second-order valence-corrected chi connectivity index (χ2v) is 6.61. The van der Waals surface area contributed by atoms with Gasteiger partial charge in [-0.15, -0.1) is 11.3 Å². The van der Waals surface area contributed by atoms with Gasteiger partial charge in [0.05, 0.1) is 12.7 Å². The molecule has 122 valence electrons. The van der Waals surface area contributed by atoms with E-state index in [1.807, 2.05) is 53.6 Å². The zero-order valence-electron chi connectivity index (χ0n) is 13.1. The second kappa shape index (κ2) is 7.59. The highest BCUT2D eigenvalue weighted by atomic mass is 32.1. The molecule has 1 fully saturated rings. The molecule has 1 aromatic carbocycles. The summed E-state index contributed by atoms with van der Waals surface area (Å²) in [6.07, 6.45) is 0.896. The highest BCUT2D eigenvalue weighted by Gasteiger charge is 2.26. The van der Waals surface area contributed by atoms with E-state index in [0.29, 0.717) is 6.54 Å². The molecule has 2 heterocycles. The lowest BCUT2D eigenvalue weighted by Gasteiger charge is -2.28. The van der Waals surface area contributed by atoms with E-state index in [1.165, 1.54) is 10.4 Å². The maximum Gasteiger partial charge on any atom is 0.262 e. The number of nitrogens with zero attached hydrogens (tertiary/aromatic N) is 1. The summed E-state index contributed by atoms with van der Waals surface area (Å²) in [5, 5.41) is 2.03. The maximum atomic E-state index is 12.6. The van der Waals surface area contributed by atoms with Gasteiger partial charge < -0.3 is 9.64 Å². The minimum absolute atomic E-state index is 0.00576. The summed E-state index contributed by atoms with van der Waals surface area (Å²) < 4.78 is 5.65. The Labute approximate surface area is 140 Å². The maximum absolute atomic E-state index is 12.6. The van der Waals surface area contributed by atoms with Gasteiger partial charge in [0.2, 0.25) is 0 Å². The van der Waals surface area contributed by atoms with Crippen molar-refractivity contribution in [2.75, 3.05) is 13.2 Å². The third-order valence-corrected chi connectivity index (χ3v) is 4.66. The normalized spacial score (nSPS) is 17.2. The lowest BCUT2D eigenvalue weighted by Crippen LogP contribution is -2.48. The molecule has 1 aliphatic heterocycles. The van der Waals surface area contributed by atoms with Crippen LogP contribution in [0.3, 0.4) is 0 Å². The van der Waals surface area contributed by atoms with Crippen molar-refractivity contribution in [3.63, 3.8) is 0 Å². The number of benzene rings is 1. The Balaban J connectivity index is 1.63. The van der Waals surface area contributed by atoms with Gasteiger partial charge in [0.25, 0.3) is 5.91 Å². The molecule has 0 spiro atoms. The predicted molar refractivity (Wildman–Crippen MR) is 91.1 cm³/mol. The summed E-state index contributed by atoms with van der Waals surface area (Å²) in [6, 6.07) is 11.8. The van der Waals surface area contributed by atoms with E-state index < -0.39 is 0 Å². The van der Waals surface area contributed by atoms with Crippen LogP contribution < -0.4 is 15.6 Å². The number of aryl methyl sites for hydroxylation is 1. The average Bonchev–Trinajstić information content (AvgIpc) is 3.25. The number of hydrazine groups is 1. The van der Waals surface area contributed by atoms with Crippen molar-refractivity contribution >= 4 is 17.2 Å². The van der Waals surface area contributed by atoms with Gasteiger partial charge in [-0.3, -0.25) is 10.2 Å². The van der Waals surface area contributed by atoms with Gasteiger partial charge in [-0.2, -0.15) is 0 Å². The highest BCUT2D eigenvalue weighted by Crippen LogP contribution is 2.17. The summed E-state index contributed by atoms with van der Waals surface area (Å²) >= 11 is 1.66. The summed E-state index contributed by atoms with van der Waals surface area (Å²) in [6.45, 7) is 3.54. The monoisotopic (exact) mass is 331 g/mol. The smallest absolute Gasteiger partial charge is 0.262 e. The minimum atomic E-state index is -0.0137. The number of carbonyl (C=O) groups is 1. The molecule has 1 amide bonds. The number of thiophene rings is 1. The molecule has 0 radical (unpaired) electrons. The van der Waals surface area contributed by atoms with Crippen LogP contribution in [0.15, 0.2) is 41.8 Å². The molecule has 2 aromatic rings. The Bertz CT molecular complexity index is 622. The molecule has 23 heavy (non-hydrogen) atoms. The SMILES string of the molecule is Cc1ccc(OCC(=O)N(Cc2cccs2)C2CCNN2)cc1. The fraction of sp³-hybridized carbons (Fsp3) is 0.353. The number of ether oxygens (including phenoxy) is 1. The molecule has 5 nitrogen and oxygen atoms in total. The third-order valence-electron chi connectivity index (χ3n) is 3.80. The van der Waals surface area contributed by atoms with E-state index >= 15 is 0 Å². The Hall–Kier alpha value is -1.89. The predicted octanol–water partition coefficient (Wildman–Crippen LogP) is 2.29. The Morgan fingerprint density at radius 3 is 2.83 bits per heavy atom. The largest absolute Gasteiger partial charge is 0.484 e. The molecule has 6 heteroatoms. The lowest BCUT2D eigenvalue weighted by atomic mass is 10.2. The van der Waals surface area contributed by atoms with Crippen LogP contribution in [-0.2, 0) is 11.3 Å². The van der Waals surface area contributed by atoms with E-state index in [1.54, 1.807) is 11.3 Å². The van der Waals surface area contributed by atoms with Crippen molar-refractivity contribution in [3.05, 3.63) is 52.2 Å². The third kappa shape index (κ3) is 4.31. The van der Waals surface area contributed by atoms with E-state index in [-0.39, 0.29) is 18.7 Å². The molecule has 1 saturated heterocycles. The number of hydrogen-bond donors (Lipinski definition) is 2. The van der Waals surface area contributed by atoms with Gasteiger partial charge in [0.1, 0.15) is 5.75 Å². The van der Waals surface area contributed by atoms with Gasteiger partial charge in [-0.05, 0) is 36.9 Å². The van der Waals surface area contributed by atoms with Crippen LogP contribution in [0.2, 0.25) is 0 Å². The summed E-state index contributed by atoms with van der Waals surface area (Å²) in [4.78, 5) is 15.7. The summed E-state index contributed by atoms with van der Waals surface area (Å²) in [5.41, 5.74) is 7.42. The highest BCUT2D eigenvalue weighted by molar-refractivity contribution is 7.09. The van der Waals surface area contributed by atoms with Gasteiger partial charge in [0, 0.05) is 11.4 Å². The van der Waals surface area contributed by atoms with Gasteiger partial charge >= 0.3 is 0 Å². The summed E-state index contributed by atoms with van der Waals surface area (Å²) in [7, 11) is 0. The van der Waals surface area contributed by atoms with Crippen molar-refractivity contribution in [2.45, 2.75) is 26.1 Å². The first-order valence-electron chi connectivity index (χ1n) is 7.72. The molecule has 0 aliphatic carbocycles. The van der Waals surface area contributed by atoms with Crippen LogP contribution in [0.5, 0.6) is 5.75 Å². The zero-order chi connectivity index (χ0) is 16.1. The minimum Gasteiger partial charge on any atom is -0.484 e. The first-order chi connectivity index (χ1) is 11.2. The molecule has 2 N–H and O–H groups in total. The number of hydrogen-bond acceptors (Lipinski definition) is 5. The Morgan fingerprint density at radius 1 is 1.35 bits per heavy atom. The summed E-state index contributed by atoms with van der Waals surface area (Å²) in [5.74, 6) is 0.706. The average molecular weight is 331 g/mol. The molecule has 0 saturated carbocycles. The van der Waals surface area contributed by atoms with Crippen molar-refractivity contribution in [1.29, 1.82) is 0 Å². The van der Waals surface area contributed by atoms with Gasteiger partial charge in [-0.25, -0.2) is 5.43 Å². The molecule has 1 unspecified atom stereocenters. The zero-order valence-corrected chi connectivity index (χ0v) is 13.9. The Kier molecular flexibility index (Phi) is 5.27. The van der Waals surface area contributed by atoms with E-state index in [0.717, 1.165) is 18.7 Å². The lowest BCUT2D eigenvalue weighted by molar-refractivity contribution is -0.136. The second-order valence-electron chi connectivity index (χ2n) is 5.58. The van der Waals surface area contributed by atoms with Crippen LogP contribution in [0.25, 0.3) is 0 Å². The molecule has 1 aromatic heterocycles. The van der Waals surface area contributed by atoms with Crippen molar-refractivity contribution < 1.29 is 9.53 Å². The first-order valence-corrected chi connectivity index (χ1v) is 8.60. The molecular weight excluding hydrogens is 310 g/mol. The molecule has 3 rings (SSSR count). The van der Waals surface area contributed by atoms with Gasteiger partial charge in [0.15, 0.2) is 6.61 Å². The van der Waals surface area contributed by atoms with Crippen LogP contribution in [0.4, 0.5) is 0 Å². The Morgan fingerprint density at radius 2 is 2.17 bits per heavy atom. The van der Waals surface area contributed by atoms with E-state index in [4.69, 9.17) is 4.74 Å². The van der Waals surface area contributed by atoms with Crippen molar-refractivity contribution in [2.24, 2.45) is 0 Å². The topological polar surface area (TPSA) is 53.6 Å². The fourth-order valence-electron chi connectivity index (χ4n) is 2.51. The van der Waals surface area contributed by atoms with Gasteiger partial charge in [-0.1, -0.05) is 23.8 Å². The fourth-order valence-corrected chi connectivity index (χ4v) is 3.21. The number of nitrogens with one attached hydrogen (secondary N) is 2. The standard InChI is InChI=1S/C17H21N3O2S/c1-13-4-6-14(7-5-13)22-12-17(21)20(16-8-9-18-19-16)11-15-3-2-10-23-15/h2-7,10,16,18-19H,8-9,11-12H2,1H3. The number of amides is 1. The van der Waals surface area contributed by atoms with Crippen LogP contribution in [0, 0.1) is 6.92 Å².